The number of unbranched alkanes of at least 4 members (excludes halogenated alkanes) is 1. The van der Waals surface area contributed by atoms with Crippen molar-refractivity contribution in [3.8, 4) is 0 Å². The molecule has 0 heterocycles. The van der Waals surface area contributed by atoms with Crippen molar-refractivity contribution in [2.24, 2.45) is 11.7 Å². The van der Waals surface area contributed by atoms with Crippen LogP contribution in [0, 0.1) is 5.92 Å². The summed E-state index contributed by atoms with van der Waals surface area (Å²) in [7, 11) is 0. The molecule has 0 aliphatic rings. The van der Waals surface area contributed by atoms with E-state index >= 15 is 0 Å². The van der Waals surface area contributed by atoms with Crippen LogP contribution in [0.25, 0.3) is 0 Å². The van der Waals surface area contributed by atoms with E-state index < -0.39 is 24.7 Å². The Morgan fingerprint density at radius 3 is 2.28 bits per heavy atom. The number of hydrogen-bond donors (Lipinski definition) is 1. The van der Waals surface area contributed by atoms with Crippen LogP contribution >= 0.6 is 0 Å². The SMILES string of the molecule is CCCCC(N)C(=O)N(CC(C)C)CC(F)(F)F. The Morgan fingerprint density at radius 2 is 1.89 bits per heavy atom. The molecule has 0 rings (SSSR count). The van der Waals surface area contributed by atoms with E-state index in [9.17, 15) is 18.0 Å². The fourth-order valence-electron chi connectivity index (χ4n) is 1.67. The summed E-state index contributed by atoms with van der Waals surface area (Å²) >= 11 is 0. The first-order chi connectivity index (χ1) is 8.17. The van der Waals surface area contributed by atoms with E-state index in [4.69, 9.17) is 5.73 Å². The van der Waals surface area contributed by atoms with Gasteiger partial charge in [0.1, 0.15) is 6.54 Å². The van der Waals surface area contributed by atoms with E-state index in [2.05, 4.69) is 0 Å². The summed E-state index contributed by atoms with van der Waals surface area (Å²) in [4.78, 5) is 12.7. The van der Waals surface area contributed by atoms with Gasteiger partial charge in [-0.3, -0.25) is 4.79 Å². The van der Waals surface area contributed by atoms with Gasteiger partial charge in [0.15, 0.2) is 0 Å². The van der Waals surface area contributed by atoms with Gasteiger partial charge < -0.3 is 10.6 Å². The van der Waals surface area contributed by atoms with Crippen molar-refractivity contribution in [2.75, 3.05) is 13.1 Å². The smallest absolute Gasteiger partial charge is 0.332 e. The van der Waals surface area contributed by atoms with Gasteiger partial charge in [-0.15, -0.1) is 0 Å². The molecule has 0 aliphatic heterocycles. The second kappa shape index (κ2) is 7.61. The second-order valence-electron chi connectivity index (χ2n) is 4.98. The molecule has 1 unspecified atom stereocenters. The third kappa shape index (κ3) is 7.53. The van der Waals surface area contributed by atoms with Crippen LogP contribution in [-0.4, -0.2) is 36.1 Å². The summed E-state index contributed by atoms with van der Waals surface area (Å²) in [5.74, 6) is -0.621. The maximum Gasteiger partial charge on any atom is 0.406 e. The molecule has 6 heteroatoms. The zero-order chi connectivity index (χ0) is 14.3. The lowest BCUT2D eigenvalue weighted by Crippen LogP contribution is -2.48. The van der Waals surface area contributed by atoms with Crippen LogP contribution in [0.3, 0.4) is 0 Å². The van der Waals surface area contributed by atoms with Gasteiger partial charge in [-0.25, -0.2) is 0 Å². The van der Waals surface area contributed by atoms with Crippen LogP contribution in [0.2, 0.25) is 0 Å². The lowest BCUT2D eigenvalue weighted by Gasteiger charge is -2.28. The predicted molar refractivity (Wildman–Crippen MR) is 65.0 cm³/mol. The Hall–Kier alpha value is -0.780. The van der Waals surface area contributed by atoms with Crippen LogP contribution in [0.15, 0.2) is 0 Å². The maximum absolute atomic E-state index is 12.4. The number of nitrogens with zero attached hydrogens (tertiary/aromatic N) is 1. The van der Waals surface area contributed by atoms with Crippen LogP contribution in [0.4, 0.5) is 13.2 Å². The van der Waals surface area contributed by atoms with E-state index in [0.29, 0.717) is 6.42 Å². The van der Waals surface area contributed by atoms with Gasteiger partial charge in [-0.2, -0.15) is 13.2 Å². The van der Waals surface area contributed by atoms with E-state index in [-0.39, 0.29) is 12.5 Å². The highest BCUT2D eigenvalue weighted by molar-refractivity contribution is 5.81. The topological polar surface area (TPSA) is 46.3 Å². The average Bonchev–Trinajstić information content (AvgIpc) is 2.21. The molecule has 0 bridgehead atoms. The molecule has 0 aromatic heterocycles. The minimum absolute atomic E-state index is 0.0188. The summed E-state index contributed by atoms with van der Waals surface area (Å²) in [6, 6.07) is -0.828. The molecule has 3 nitrogen and oxygen atoms in total. The number of halogens is 3. The number of amides is 1. The fourth-order valence-corrected chi connectivity index (χ4v) is 1.67. The molecule has 0 aromatic carbocycles. The normalized spacial score (nSPS) is 13.8. The summed E-state index contributed by atoms with van der Waals surface area (Å²) in [6.45, 7) is 4.35. The lowest BCUT2D eigenvalue weighted by molar-refractivity contribution is -0.163. The van der Waals surface area contributed by atoms with Crippen molar-refractivity contribution in [2.45, 2.75) is 52.3 Å². The number of nitrogens with two attached hydrogens (primary N) is 1. The summed E-state index contributed by atoms with van der Waals surface area (Å²) in [5.41, 5.74) is 5.64. The third-order valence-corrected chi connectivity index (χ3v) is 2.45. The predicted octanol–water partition coefficient (Wildman–Crippen LogP) is 2.55. The zero-order valence-electron chi connectivity index (χ0n) is 11.3. The molecule has 1 atom stereocenters. The van der Waals surface area contributed by atoms with Gasteiger partial charge in [0.25, 0.3) is 0 Å². The minimum atomic E-state index is -4.38. The molecule has 0 saturated heterocycles. The summed E-state index contributed by atoms with van der Waals surface area (Å²) in [6.07, 6.45) is -2.34. The number of carbonyl (C=O) groups is 1. The fraction of sp³-hybridized carbons (Fsp3) is 0.917. The molecule has 18 heavy (non-hydrogen) atoms. The molecule has 2 N–H and O–H groups in total. The van der Waals surface area contributed by atoms with Crippen molar-refractivity contribution in [1.82, 2.24) is 4.90 Å². The molecule has 0 aromatic rings. The van der Waals surface area contributed by atoms with Crippen molar-refractivity contribution >= 4 is 5.91 Å². The quantitative estimate of drug-likeness (QED) is 0.771. The number of carbonyl (C=O) groups excluding carboxylic acids is 1. The summed E-state index contributed by atoms with van der Waals surface area (Å²) in [5, 5.41) is 0. The summed E-state index contributed by atoms with van der Waals surface area (Å²) < 4.78 is 37.2. The van der Waals surface area contributed by atoms with Crippen molar-refractivity contribution in [1.29, 1.82) is 0 Å². The highest BCUT2D eigenvalue weighted by atomic mass is 19.4. The molecule has 0 aliphatic carbocycles. The Bertz CT molecular complexity index is 254. The third-order valence-electron chi connectivity index (χ3n) is 2.45. The first-order valence-electron chi connectivity index (χ1n) is 6.28. The Labute approximate surface area is 107 Å². The first-order valence-corrected chi connectivity index (χ1v) is 6.28. The van der Waals surface area contributed by atoms with Crippen molar-refractivity contribution in [3.63, 3.8) is 0 Å². The highest BCUT2D eigenvalue weighted by Gasteiger charge is 2.34. The first kappa shape index (κ1) is 17.2. The van der Waals surface area contributed by atoms with E-state index in [0.717, 1.165) is 17.7 Å². The monoisotopic (exact) mass is 268 g/mol. The molecule has 0 spiro atoms. The Kier molecular flexibility index (Phi) is 7.28. The largest absolute Gasteiger partial charge is 0.406 e. The number of hydrogen-bond acceptors (Lipinski definition) is 2. The van der Waals surface area contributed by atoms with E-state index in [1.165, 1.54) is 0 Å². The average molecular weight is 268 g/mol. The van der Waals surface area contributed by atoms with Crippen molar-refractivity contribution < 1.29 is 18.0 Å². The minimum Gasteiger partial charge on any atom is -0.332 e. The van der Waals surface area contributed by atoms with E-state index in [1.807, 2.05) is 6.92 Å². The molecular weight excluding hydrogens is 245 g/mol. The van der Waals surface area contributed by atoms with Gasteiger partial charge in [-0.05, 0) is 12.3 Å². The van der Waals surface area contributed by atoms with Gasteiger partial charge >= 0.3 is 6.18 Å². The van der Waals surface area contributed by atoms with Crippen LogP contribution in [-0.2, 0) is 4.79 Å². The van der Waals surface area contributed by atoms with Gasteiger partial charge in [0, 0.05) is 6.54 Å². The zero-order valence-corrected chi connectivity index (χ0v) is 11.3. The standard InChI is InChI=1S/C12H23F3N2O/c1-4-5-6-10(16)11(18)17(7-9(2)3)8-12(13,14)15/h9-10H,4-8,16H2,1-3H3. The molecule has 108 valence electrons. The van der Waals surface area contributed by atoms with Gasteiger partial charge in [0.2, 0.25) is 5.91 Å². The molecule has 0 fully saturated rings. The Balaban J connectivity index is 4.58. The van der Waals surface area contributed by atoms with E-state index in [1.54, 1.807) is 13.8 Å². The lowest BCUT2D eigenvalue weighted by atomic mass is 10.1. The molecule has 1 amide bonds. The van der Waals surface area contributed by atoms with Gasteiger partial charge in [-0.1, -0.05) is 33.6 Å². The Morgan fingerprint density at radius 1 is 1.33 bits per heavy atom. The molecule has 0 saturated carbocycles. The van der Waals surface area contributed by atoms with Crippen molar-refractivity contribution in [3.05, 3.63) is 0 Å². The molecular formula is C12H23F3N2O. The maximum atomic E-state index is 12.4. The second-order valence-corrected chi connectivity index (χ2v) is 4.98. The van der Waals surface area contributed by atoms with Gasteiger partial charge in [0.05, 0.1) is 6.04 Å². The van der Waals surface area contributed by atoms with Crippen LogP contribution in [0.5, 0.6) is 0 Å². The number of alkyl halides is 3. The van der Waals surface area contributed by atoms with Crippen LogP contribution in [0.1, 0.15) is 40.0 Å². The van der Waals surface area contributed by atoms with Crippen LogP contribution < -0.4 is 5.73 Å². The number of rotatable bonds is 7. The highest BCUT2D eigenvalue weighted by Crippen LogP contribution is 2.18. The molecule has 0 radical (unpaired) electrons.